The highest BCUT2D eigenvalue weighted by Crippen LogP contribution is 2.20. The lowest BCUT2D eigenvalue weighted by Crippen LogP contribution is -1.93. The number of hydrogen-bond acceptors (Lipinski definition) is 3. The second-order valence-electron chi connectivity index (χ2n) is 3.77. The summed E-state index contributed by atoms with van der Waals surface area (Å²) in [7, 11) is 0. The van der Waals surface area contributed by atoms with Crippen molar-refractivity contribution in [2.24, 2.45) is 0 Å². The number of ether oxygens (including phenoxy) is 1. The molecule has 0 fully saturated rings. The topological polar surface area (TPSA) is 45.0 Å². The van der Waals surface area contributed by atoms with Crippen molar-refractivity contribution in [2.75, 3.05) is 11.9 Å². The van der Waals surface area contributed by atoms with Gasteiger partial charge in [0.05, 0.1) is 18.2 Å². The van der Waals surface area contributed by atoms with E-state index in [9.17, 15) is 0 Å². The van der Waals surface area contributed by atoms with Gasteiger partial charge in [0, 0.05) is 11.4 Å². The number of rotatable bonds is 4. The molecular formula is C15H14N2O. The Balaban J connectivity index is 2.06. The molecule has 0 spiro atoms. The number of nitrogens with zero attached hydrogens (tertiary/aromatic N) is 1. The van der Waals surface area contributed by atoms with Gasteiger partial charge in [-0.1, -0.05) is 0 Å². The third-order valence-electron chi connectivity index (χ3n) is 2.47. The molecule has 2 aromatic rings. The summed E-state index contributed by atoms with van der Waals surface area (Å²) < 4.78 is 5.38. The maximum absolute atomic E-state index is 8.71. The first-order valence-electron chi connectivity index (χ1n) is 5.82. The molecule has 0 saturated carbocycles. The Morgan fingerprint density at radius 3 is 2.06 bits per heavy atom. The molecule has 1 N–H and O–H groups in total. The van der Waals surface area contributed by atoms with Gasteiger partial charge in [-0.05, 0) is 55.5 Å². The van der Waals surface area contributed by atoms with Gasteiger partial charge < -0.3 is 10.1 Å². The molecule has 0 amide bonds. The van der Waals surface area contributed by atoms with Crippen LogP contribution in [0.5, 0.6) is 5.75 Å². The van der Waals surface area contributed by atoms with E-state index in [2.05, 4.69) is 11.4 Å². The molecule has 18 heavy (non-hydrogen) atoms. The van der Waals surface area contributed by atoms with Gasteiger partial charge in [-0.3, -0.25) is 0 Å². The molecule has 0 aliphatic heterocycles. The van der Waals surface area contributed by atoms with E-state index in [4.69, 9.17) is 10.00 Å². The molecule has 0 bridgehead atoms. The average Bonchev–Trinajstić information content (AvgIpc) is 2.42. The van der Waals surface area contributed by atoms with E-state index in [0.717, 1.165) is 17.1 Å². The van der Waals surface area contributed by atoms with Crippen molar-refractivity contribution in [3.63, 3.8) is 0 Å². The van der Waals surface area contributed by atoms with Crippen LogP contribution in [0.3, 0.4) is 0 Å². The van der Waals surface area contributed by atoms with Crippen molar-refractivity contribution in [1.29, 1.82) is 5.26 Å². The van der Waals surface area contributed by atoms with Gasteiger partial charge in [0.15, 0.2) is 0 Å². The minimum Gasteiger partial charge on any atom is -0.494 e. The molecule has 90 valence electrons. The fourth-order valence-electron chi connectivity index (χ4n) is 1.60. The van der Waals surface area contributed by atoms with Crippen LogP contribution >= 0.6 is 0 Å². The van der Waals surface area contributed by atoms with Crippen LogP contribution in [0.1, 0.15) is 12.5 Å². The fourth-order valence-corrected chi connectivity index (χ4v) is 1.60. The third-order valence-corrected chi connectivity index (χ3v) is 2.47. The molecule has 3 heteroatoms. The first-order chi connectivity index (χ1) is 8.81. The molecule has 0 saturated heterocycles. The van der Waals surface area contributed by atoms with Crippen LogP contribution in [0.4, 0.5) is 11.4 Å². The van der Waals surface area contributed by atoms with Crippen LogP contribution < -0.4 is 10.1 Å². The first-order valence-corrected chi connectivity index (χ1v) is 5.82. The van der Waals surface area contributed by atoms with Crippen molar-refractivity contribution < 1.29 is 4.74 Å². The first kappa shape index (κ1) is 12.0. The van der Waals surface area contributed by atoms with Crippen LogP contribution in [-0.4, -0.2) is 6.61 Å². The van der Waals surface area contributed by atoms with Gasteiger partial charge >= 0.3 is 0 Å². The van der Waals surface area contributed by atoms with Gasteiger partial charge in [-0.25, -0.2) is 0 Å². The Labute approximate surface area is 107 Å². The Bertz CT molecular complexity index is 538. The number of nitriles is 1. The van der Waals surface area contributed by atoms with E-state index in [1.165, 1.54) is 0 Å². The number of hydrogen-bond donors (Lipinski definition) is 1. The Morgan fingerprint density at radius 2 is 1.56 bits per heavy atom. The van der Waals surface area contributed by atoms with Crippen molar-refractivity contribution in [3.8, 4) is 11.8 Å². The Hall–Kier alpha value is -2.47. The highest BCUT2D eigenvalue weighted by atomic mass is 16.5. The lowest BCUT2D eigenvalue weighted by atomic mass is 10.2. The summed E-state index contributed by atoms with van der Waals surface area (Å²) in [6.07, 6.45) is 0. The SMILES string of the molecule is CCOc1ccc(Nc2ccc(C#N)cc2)cc1. The quantitative estimate of drug-likeness (QED) is 0.883. The molecule has 2 rings (SSSR count). The zero-order valence-electron chi connectivity index (χ0n) is 10.2. The number of nitrogens with one attached hydrogen (secondary N) is 1. The molecule has 3 nitrogen and oxygen atoms in total. The highest BCUT2D eigenvalue weighted by Gasteiger charge is 1.96. The minimum absolute atomic E-state index is 0.659. The number of anilines is 2. The second-order valence-corrected chi connectivity index (χ2v) is 3.77. The Morgan fingerprint density at radius 1 is 1.00 bits per heavy atom. The maximum Gasteiger partial charge on any atom is 0.119 e. The lowest BCUT2D eigenvalue weighted by molar-refractivity contribution is 0.340. The van der Waals surface area contributed by atoms with Crippen molar-refractivity contribution in [3.05, 3.63) is 54.1 Å². The summed E-state index contributed by atoms with van der Waals surface area (Å²) in [6, 6.07) is 17.2. The summed E-state index contributed by atoms with van der Waals surface area (Å²) in [4.78, 5) is 0. The van der Waals surface area contributed by atoms with Crippen LogP contribution in [0.2, 0.25) is 0 Å². The normalized spacial score (nSPS) is 9.56. The summed E-state index contributed by atoms with van der Waals surface area (Å²) >= 11 is 0. The molecule has 0 atom stereocenters. The van der Waals surface area contributed by atoms with E-state index in [1.54, 1.807) is 12.1 Å². The van der Waals surface area contributed by atoms with Crippen LogP contribution in [-0.2, 0) is 0 Å². The predicted molar refractivity (Wildman–Crippen MR) is 72.1 cm³/mol. The van der Waals surface area contributed by atoms with Crippen molar-refractivity contribution in [2.45, 2.75) is 6.92 Å². The van der Waals surface area contributed by atoms with Gasteiger partial charge in [-0.2, -0.15) is 5.26 Å². The van der Waals surface area contributed by atoms with Crippen LogP contribution in [0.15, 0.2) is 48.5 Å². The molecule has 0 aliphatic rings. The Kier molecular flexibility index (Phi) is 3.83. The summed E-state index contributed by atoms with van der Waals surface area (Å²) in [5.74, 6) is 0.864. The van der Waals surface area contributed by atoms with Crippen molar-refractivity contribution >= 4 is 11.4 Å². The predicted octanol–water partition coefficient (Wildman–Crippen LogP) is 3.70. The molecule has 0 heterocycles. The third kappa shape index (κ3) is 3.02. The molecule has 0 aliphatic carbocycles. The van der Waals surface area contributed by atoms with Gasteiger partial charge in [0.1, 0.15) is 5.75 Å². The van der Waals surface area contributed by atoms with Crippen LogP contribution in [0, 0.1) is 11.3 Å². The lowest BCUT2D eigenvalue weighted by Gasteiger charge is -2.08. The number of benzene rings is 2. The van der Waals surface area contributed by atoms with E-state index < -0.39 is 0 Å². The minimum atomic E-state index is 0.659. The molecule has 2 aromatic carbocycles. The second kappa shape index (κ2) is 5.74. The highest BCUT2D eigenvalue weighted by molar-refractivity contribution is 5.61. The standard InChI is InChI=1S/C15H14N2O/c1-2-18-15-9-7-14(8-10-15)17-13-5-3-12(11-16)4-6-13/h3-10,17H,2H2,1H3. The van der Waals surface area contributed by atoms with Gasteiger partial charge in [0.25, 0.3) is 0 Å². The van der Waals surface area contributed by atoms with E-state index in [0.29, 0.717) is 12.2 Å². The summed E-state index contributed by atoms with van der Waals surface area (Å²) in [5, 5.41) is 12.0. The van der Waals surface area contributed by atoms with E-state index in [-0.39, 0.29) is 0 Å². The van der Waals surface area contributed by atoms with Crippen LogP contribution in [0.25, 0.3) is 0 Å². The van der Waals surface area contributed by atoms with E-state index >= 15 is 0 Å². The zero-order valence-corrected chi connectivity index (χ0v) is 10.2. The monoisotopic (exact) mass is 238 g/mol. The average molecular weight is 238 g/mol. The smallest absolute Gasteiger partial charge is 0.119 e. The molecular weight excluding hydrogens is 224 g/mol. The van der Waals surface area contributed by atoms with E-state index in [1.807, 2.05) is 43.3 Å². The van der Waals surface area contributed by atoms with Gasteiger partial charge in [-0.15, -0.1) is 0 Å². The zero-order chi connectivity index (χ0) is 12.8. The fraction of sp³-hybridized carbons (Fsp3) is 0.133. The molecule has 0 unspecified atom stereocenters. The van der Waals surface area contributed by atoms with Gasteiger partial charge in [0.2, 0.25) is 0 Å². The van der Waals surface area contributed by atoms with Crippen molar-refractivity contribution in [1.82, 2.24) is 0 Å². The summed E-state index contributed by atoms with van der Waals surface area (Å²) in [6.45, 7) is 2.63. The largest absolute Gasteiger partial charge is 0.494 e. The summed E-state index contributed by atoms with van der Waals surface area (Å²) in [5.41, 5.74) is 2.61. The maximum atomic E-state index is 8.71. The molecule has 0 aromatic heterocycles. The molecule has 0 radical (unpaired) electrons.